The molecule has 1 fully saturated rings. The number of piperidine rings is 1. The molecule has 0 aromatic heterocycles. The molecule has 1 aliphatic heterocycles. The van der Waals surface area contributed by atoms with Crippen molar-refractivity contribution in [1.29, 1.82) is 0 Å². The molecular formula is C21H53NO5Si5. The first kappa shape index (κ1) is 30.9. The van der Waals surface area contributed by atoms with E-state index in [1.165, 1.54) is 0 Å². The Labute approximate surface area is 204 Å². The van der Waals surface area contributed by atoms with Crippen LogP contribution in [0.4, 0.5) is 0 Å². The Morgan fingerprint density at radius 3 is 1.22 bits per heavy atom. The predicted molar refractivity (Wildman–Crippen MR) is 149 cm³/mol. The standard InChI is InChI=1S/C21H53NO5Si5/c1-28(2,3)23-16-17-18(24-29(4,5)6)19(25-30(7,8)9)20(26-31(10,11)12)21(22-17)27-32(13,14)15/h17-22H,16H2,1-15H3/t17-,18-,19+,20-,21-/m1/s1. The fraction of sp³-hybridized carbons (Fsp3) is 1.00. The summed E-state index contributed by atoms with van der Waals surface area (Å²) in [4.78, 5) is 0. The molecule has 0 radical (unpaired) electrons. The van der Waals surface area contributed by atoms with Crippen LogP contribution < -0.4 is 5.32 Å². The molecule has 192 valence electrons. The highest BCUT2D eigenvalue weighted by Gasteiger charge is 2.51. The summed E-state index contributed by atoms with van der Waals surface area (Å²) in [5.74, 6) is 0. The first-order valence-corrected chi connectivity index (χ1v) is 29.1. The van der Waals surface area contributed by atoms with E-state index in [9.17, 15) is 0 Å². The number of rotatable bonds is 11. The van der Waals surface area contributed by atoms with Crippen molar-refractivity contribution in [2.45, 2.75) is 129 Å². The monoisotopic (exact) mass is 539 g/mol. The molecule has 0 bridgehead atoms. The third-order valence-electron chi connectivity index (χ3n) is 4.37. The van der Waals surface area contributed by atoms with Gasteiger partial charge in [0.1, 0.15) is 18.4 Å². The molecule has 6 nitrogen and oxygen atoms in total. The van der Waals surface area contributed by atoms with Gasteiger partial charge in [0.25, 0.3) is 0 Å². The Hall–Kier alpha value is 0.844. The predicted octanol–water partition coefficient (Wildman–Crippen LogP) is 5.65. The number of nitrogens with one attached hydrogen (secondary N) is 1. The zero-order chi connectivity index (χ0) is 25.3. The Kier molecular flexibility index (Phi) is 10.5. The molecule has 0 saturated carbocycles. The van der Waals surface area contributed by atoms with Crippen molar-refractivity contribution >= 4 is 41.6 Å². The maximum atomic E-state index is 6.89. The maximum Gasteiger partial charge on any atom is 0.186 e. The first-order valence-electron chi connectivity index (χ1n) is 12.1. The van der Waals surface area contributed by atoms with Crippen LogP contribution in [-0.2, 0) is 22.1 Å². The Morgan fingerprint density at radius 1 is 0.469 bits per heavy atom. The third kappa shape index (κ3) is 12.5. The van der Waals surface area contributed by atoms with Crippen LogP contribution in [0.3, 0.4) is 0 Å². The van der Waals surface area contributed by atoms with Crippen molar-refractivity contribution in [2.24, 2.45) is 0 Å². The van der Waals surface area contributed by atoms with E-state index in [1.54, 1.807) is 0 Å². The minimum absolute atomic E-state index is 0.00219. The normalized spacial score (nSPS) is 28.8. The van der Waals surface area contributed by atoms with Crippen LogP contribution in [0, 0.1) is 0 Å². The van der Waals surface area contributed by atoms with Gasteiger partial charge in [0.05, 0.1) is 18.8 Å². The summed E-state index contributed by atoms with van der Waals surface area (Å²) >= 11 is 0. The van der Waals surface area contributed by atoms with E-state index in [0.717, 1.165) is 0 Å². The van der Waals surface area contributed by atoms with Crippen LogP contribution in [-0.4, -0.2) is 78.8 Å². The Morgan fingerprint density at radius 2 is 0.844 bits per heavy atom. The molecule has 0 unspecified atom stereocenters. The molecule has 1 heterocycles. The minimum atomic E-state index is -1.89. The van der Waals surface area contributed by atoms with Crippen molar-refractivity contribution in [2.75, 3.05) is 6.61 Å². The molecule has 32 heavy (non-hydrogen) atoms. The van der Waals surface area contributed by atoms with Gasteiger partial charge in [-0.3, -0.25) is 5.32 Å². The van der Waals surface area contributed by atoms with E-state index in [4.69, 9.17) is 22.1 Å². The van der Waals surface area contributed by atoms with Gasteiger partial charge in [-0.2, -0.15) is 0 Å². The van der Waals surface area contributed by atoms with E-state index in [2.05, 4.69) is 104 Å². The number of hydrogen-bond acceptors (Lipinski definition) is 6. The first-order chi connectivity index (χ1) is 14.0. The largest absolute Gasteiger partial charge is 0.416 e. The van der Waals surface area contributed by atoms with Crippen LogP contribution in [0.2, 0.25) is 98.2 Å². The summed E-state index contributed by atoms with van der Waals surface area (Å²) < 4.78 is 33.6. The molecule has 11 heteroatoms. The second-order valence-electron chi connectivity index (χ2n) is 13.9. The highest BCUT2D eigenvalue weighted by atomic mass is 28.4. The van der Waals surface area contributed by atoms with Gasteiger partial charge in [-0.25, -0.2) is 0 Å². The Bertz CT molecular complexity index is 590. The quantitative estimate of drug-likeness (QED) is 0.343. The fourth-order valence-electron chi connectivity index (χ4n) is 3.59. The van der Waals surface area contributed by atoms with Gasteiger partial charge in [-0.15, -0.1) is 0 Å². The van der Waals surface area contributed by atoms with Gasteiger partial charge >= 0.3 is 0 Å². The highest BCUT2D eigenvalue weighted by molar-refractivity contribution is 6.71. The van der Waals surface area contributed by atoms with Crippen LogP contribution in [0.15, 0.2) is 0 Å². The zero-order valence-corrected chi connectivity index (χ0v) is 28.6. The molecule has 5 atom stereocenters. The highest BCUT2D eigenvalue weighted by Crippen LogP contribution is 2.32. The summed E-state index contributed by atoms with van der Waals surface area (Å²) in [6, 6.07) is -0.00219. The molecule has 0 aromatic carbocycles. The zero-order valence-electron chi connectivity index (χ0n) is 23.6. The second-order valence-corrected chi connectivity index (χ2v) is 36.3. The van der Waals surface area contributed by atoms with E-state index in [-0.39, 0.29) is 30.6 Å². The minimum Gasteiger partial charge on any atom is -0.416 e. The summed E-state index contributed by atoms with van der Waals surface area (Å²) in [5, 5.41) is 3.78. The average Bonchev–Trinajstić information content (AvgIpc) is 2.45. The van der Waals surface area contributed by atoms with E-state index >= 15 is 0 Å². The summed E-state index contributed by atoms with van der Waals surface area (Å²) in [5.41, 5.74) is 0. The summed E-state index contributed by atoms with van der Waals surface area (Å²) in [7, 11) is -9.16. The lowest BCUT2D eigenvalue weighted by atomic mass is 9.95. The van der Waals surface area contributed by atoms with Gasteiger partial charge in [-0.05, 0) is 98.2 Å². The molecule has 1 rings (SSSR count). The van der Waals surface area contributed by atoms with Crippen molar-refractivity contribution in [3.8, 4) is 0 Å². The summed E-state index contributed by atoms with van der Waals surface area (Å²) in [6.45, 7) is 34.1. The lowest BCUT2D eigenvalue weighted by Gasteiger charge is -2.52. The van der Waals surface area contributed by atoms with Crippen LogP contribution >= 0.6 is 0 Å². The SMILES string of the molecule is C[Si](C)(C)OC[C@H]1N[C@H](O[Si](C)(C)C)[C@H](O[Si](C)(C)C)[C@@H](O[Si](C)(C)C)[C@@H]1O[Si](C)(C)C. The van der Waals surface area contributed by atoms with Crippen molar-refractivity contribution in [3.63, 3.8) is 0 Å². The van der Waals surface area contributed by atoms with Gasteiger partial charge in [0.15, 0.2) is 41.6 Å². The molecule has 0 aliphatic carbocycles. The lowest BCUT2D eigenvalue weighted by Crippen LogP contribution is -2.72. The molecule has 0 spiro atoms. The van der Waals surface area contributed by atoms with Crippen LogP contribution in [0.25, 0.3) is 0 Å². The van der Waals surface area contributed by atoms with Gasteiger partial charge in [0.2, 0.25) is 0 Å². The van der Waals surface area contributed by atoms with E-state index in [1.807, 2.05) is 0 Å². The fourth-order valence-corrected chi connectivity index (χ4v) is 8.51. The molecule has 0 aromatic rings. The van der Waals surface area contributed by atoms with Crippen molar-refractivity contribution in [3.05, 3.63) is 0 Å². The Balaban J connectivity index is 3.50. The van der Waals surface area contributed by atoms with Gasteiger partial charge in [0, 0.05) is 0 Å². The van der Waals surface area contributed by atoms with Crippen molar-refractivity contribution in [1.82, 2.24) is 5.32 Å². The topological polar surface area (TPSA) is 58.2 Å². The lowest BCUT2D eigenvalue weighted by molar-refractivity contribution is -0.137. The molecule has 1 N–H and O–H groups in total. The molecule has 0 amide bonds. The van der Waals surface area contributed by atoms with Crippen LogP contribution in [0.5, 0.6) is 0 Å². The van der Waals surface area contributed by atoms with Gasteiger partial charge in [-0.1, -0.05) is 0 Å². The molecule has 1 saturated heterocycles. The van der Waals surface area contributed by atoms with E-state index in [0.29, 0.717) is 6.61 Å². The smallest absolute Gasteiger partial charge is 0.186 e. The summed E-state index contributed by atoms with van der Waals surface area (Å²) in [6.07, 6.45) is -0.749. The number of hydrogen-bond donors (Lipinski definition) is 1. The second kappa shape index (κ2) is 10.8. The molecule has 1 aliphatic rings. The average molecular weight is 540 g/mol. The van der Waals surface area contributed by atoms with E-state index < -0.39 is 41.6 Å². The van der Waals surface area contributed by atoms with Crippen LogP contribution in [0.1, 0.15) is 0 Å². The van der Waals surface area contributed by atoms with Gasteiger partial charge < -0.3 is 22.1 Å². The van der Waals surface area contributed by atoms with Crippen molar-refractivity contribution < 1.29 is 22.1 Å². The third-order valence-corrected chi connectivity index (χ3v) is 9.30. The molecular weight excluding hydrogens is 487 g/mol. The maximum absolute atomic E-state index is 6.89.